The molecule has 136 valence electrons. The average Bonchev–Trinajstić information content (AvgIpc) is 3.09. The normalized spacial score (nSPS) is 10.8. The van der Waals surface area contributed by atoms with Gasteiger partial charge in [-0.1, -0.05) is 19.1 Å². The molecule has 0 aliphatic carbocycles. The van der Waals surface area contributed by atoms with Gasteiger partial charge in [0.25, 0.3) is 5.56 Å². The Labute approximate surface area is 153 Å². The van der Waals surface area contributed by atoms with E-state index in [1.54, 1.807) is 10.8 Å². The van der Waals surface area contributed by atoms with Crippen LogP contribution in [0.5, 0.6) is 5.75 Å². The van der Waals surface area contributed by atoms with Crippen LogP contribution < -0.4 is 16.0 Å². The van der Waals surface area contributed by atoms with E-state index in [1.165, 1.54) is 6.07 Å². The molecule has 26 heavy (non-hydrogen) atoms. The number of nitrogens with two attached hydrogens (primary N) is 1. The minimum absolute atomic E-state index is 0.101. The highest BCUT2D eigenvalue weighted by molar-refractivity contribution is 5.50. The van der Waals surface area contributed by atoms with Gasteiger partial charge in [-0.05, 0) is 42.3 Å². The Balaban J connectivity index is 1.62. The smallest absolute Gasteiger partial charge is 0.254 e. The summed E-state index contributed by atoms with van der Waals surface area (Å²) in [4.78, 5) is 12.3. The summed E-state index contributed by atoms with van der Waals surface area (Å²) in [5, 5.41) is 0. The maximum atomic E-state index is 12.3. The summed E-state index contributed by atoms with van der Waals surface area (Å²) in [7, 11) is 0. The maximum absolute atomic E-state index is 12.3. The van der Waals surface area contributed by atoms with Crippen LogP contribution in [0.2, 0.25) is 0 Å². The van der Waals surface area contributed by atoms with Gasteiger partial charge in [-0.3, -0.25) is 4.79 Å². The fourth-order valence-electron chi connectivity index (χ4n) is 2.78. The highest BCUT2D eigenvalue weighted by atomic mass is 16.5. The molecule has 0 saturated carbocycles. The lowest BCUT2D eigenvalue weighted by Crippen LogP contribution is -2.20. The zero-order chi connectivity index (χ0) is 18.5. The molecule has 2 heterocycles. The van der Waals surface area contributed by atoms with Crippen LogP contribution in [0.15, 0.2) is 57.9 Å². The summed E-state index contributed by atoms with van der Waals surface area (Å²) in [6, 6.07) is 13.0. The number of ether oxygens (including phenoxy) is 1. The lowest BCUT2D eigenvalue weighted by molar-refractivity contribution is 0.306. The third kappa shape index (κ3) is 4.17. The van der Waals surface area contributed by atoms with Gasteiger partial charge in [0.15, 0.2) is 0 Å². The van der Waals surface area contributed by atoms with E-state index in [4.69, 9.17) is 14.9 Å². The van der Waals surface area contributed by atoms with E-state index >= 15 is 0 Å². The van der Waals surface area contributed by atoms with Gasteiger partial charge in [-0.25, -0.2) is 0 Å². The van der Waals surface area contributed by atoms with Crippen molar-refractivity contribution in [3.05, 3.63) is 81.7 Å². The molecule has 0 fully saturated rings. The van der Waals surface area contributed by atoms with Gasteiger partial charge in [0.1, 0.15) is 17.3 Å². The van der Waals surface area contributed by atoms with Crippen LogP contribution in [-0.4, -0.2) is 11.2 Å². The van der Waals surface area contributed by atoms with E-state index in [1.807, 2.05) is 43.3 Å². The molecule has 0 spiro atoms. The van der Waals surface area contributed by atoms with Crippen molar-refractivity contribution in [3.8, 4) is 5.75 Å². The molecule has 0 bridgehead atoms. The molecule has 0 aliphatic rings. The van der Waals surface area contributed by atoms with Crippen LogP contribution in [-0.2, 0) is 19.4 Å². The highest BCUT2D eigenvalue weighted by Crippen LogP contribution is 2.17. The summed E-state index contributed by atoms with van der Waals surface area (Å²) in [6.45, 7) is 4.97. The van der Waals surface area contributed by atoms with E-state index in [2.05, 4.69) is 6.92 Å². The molecule has 2 N–H and O–H groups in total. The number of benzene rings is 1. The van der Waals surface area contributed by atoms with E-state index in [9.17, 15) is 4.79 Å². The predicted molar refractivity (Wildman–Crippen MR) is 103 cm³/mol. The fraction of sp³-hybridized carbons (Fsp3) is 0.286. The minimum atomic E-state index is -0.101. The van der Waals surface area contributed by atoms with Crippen molar-refractivity contribution < 1.29 is 9.15 Å². The van der Waals surface area contributed by atoms with Gasteiger partial charge in [-0.2, -0.15) is 0 Å². The Kier molecular flexibility index (Phi) is 5.46. The third-order valence-electron chi connectivity index (χ3n) is 4.48. The zero-order valence-electron chi connectivity index (χ0n) is 15.2. The van der Waals surface area contributed by atoms with Crippen molar-refractivity contribution in [2.45, 2.75) is 33.2 Å². The first-order chi connectivity index (χ1) is 12.6. The molecule has 0 unspecified atom stereocenters. The monoisotopic (exact) mass is 352 g/mol. The number of anilines is 1. The third-order valence-corrected chi connectivity index (χ3v) is 4.48. The molecule has 0 saturated heterocycles. The van der Waals surface area contributed by atoms with Crippen LogP contribution in [0.25, 0.3) is 0 Å². The highest BCUT2D eigenvalue weighted by Gasteiger charge is 2.06. The first-order valence-corrected chi connectivity index (χ1v) is 8.81. The van der Waals surface area contributed by atoms with Crippen molar-refractivity contribution >= 4 is 5.69 Å². The Morgan fingerprint density at radius 1 is 1.15 bits per heavy atom. The number of hydrogen-bond donors (Lipinski definition) is 1. The molecule has 0 aliphatic heterocycles. The van der Waals surface area contributed by atoms with Crippen LogP contribution in [0.1, 0.15) is 29.6 Å². The first-order valence-electron chi connectivity index (χ1n) is 8.81. The van der Waals surface area contributed by atoms with Crippen molar-refractivity contribution in [1.29, 1.82) is 0 Å². The Hall–Kier alpha value is -2.95. The summed E-state index contributed by atoms with van der Waals surface area (Å²) >= 11 is 0. The summed E-state index contributed by atoms with van der Waals surface area (Å²) in [6.07, 6.45) is 3.31. The Morgan fingerprint density at radius 2 is 1.96 bits per heavy atom. The van der Waals surface area contributed by atoms with Gasteiger partial charge in [-0.15, -0.1) is 0 Å². The van der Waals surface area contributed by atoms with Crippen molar-refractivity contribution in [2.24, 2.45) is 0 Å². The molecular weight excluding hydrogens is 328 g/mol. The van der Waals surface area contributed by atoms with Gasteiger partial charge >= 0.3 is 0 Å². The number of rotatable bonds is 7. The molecule has 1 aromatic carbocycles. The Morgan fingerprint density at radius 3 is 2.69 bits per heavy atom. The quantitative estimate of drug-likeness (QED) is 0.660. The van der Waals surface area contributed by atoms with Crippen LogP contribution in [0.3, 0.4) is 0 Å². The van der Waals surface area contributed by atoms with E-state index < -0.39 is 0 Å². The molecule has 2 aromatic heterocycles. The number of hydrogen-bond acceptors (Lipinski definition) is 4. The van der Waals surface area contributed by atoms with Crippen LogP contribution >= 0.6 is 0 Å². The van der Waals surface area contributed by atoms with E-state index in [0.29, 0.717) is 25.3 Å². The van der Waals surface area contributed by atoms with E-state index in [-0.39, 0.29) is 5.56 Å². The number of pyridine rings is 1. The second-order valence-corrected chi connectivity index (χ2v) is 6.28. The number of aryl methyl sites for hydroxylation is 1. The first kappa shape index (κ1) is 17.9. The van der Waals surface area contributed by atoms with Crippen LogP contribution in [0.4, 0.5) is 5.69 Å². The zero-order valence-corrected chi connectivity index (χ0v) is 15.2. The fourth-order valence-corrected chi connectivity index (χ4v) is 2.78. The van der Waals surface area contributed by atoms with Gasteiger partial charge in [0.05, 0.1) is 13.2 Å². The molecule has 5 heteroatoms. The topological polar surface area (TPSA) is 70.4 Å². The maximum Gasteiger partial charge on any atom is 0.254 e. The van der Waals surface area contributed by atoms with Crippen molar-refractivity contribution in [1.82, 2.24) is 4.57 Å². The predicted octanol–water partition coefficient (Wildman–Crippen LogP) is 3.56. The molecule has 0 atom stereocenters. The summed E-state index contributed by atoms with van der Waals surface area (Å²) in [5.74, 6) is 2.43. The molecule has 0 amide bonds. The van der Waals surface area contributed by atoms with Gasteiger partial charge in [0, 0.05) is 30.8 Å². The second-order valence-electron chi connectivity index (χ2n) is 6.28. The van der Waals surface area contributed by atoms with Crippen LogP contribution in [0, 0.1) is 6.92 Å². The summed E-state index contributed by atoms with van der Waals surface area (Å²) < 4.78 is 13.0. The molecule has 0 radical (unpaired) electrons. The lowest BCUT2D eigenvalue weighted by Gasteiger charge is -2.11. The molecule has 3 aromatic rings. The van der Waals surface area contributed by atoms with Crippen molar-refractivity contribution in [2.75, 3.05) is 12.3 Å². The molecule has 5 nitrogen and oxygen atoms in total. The lowest BCUT2D eigenvalue weighted by atomic mass is 10.1. The summed E-state index contributed by atoms with van der Waals surface area (Å²) in [5.41, 5.74) is 8.61. The second kappa shape index (κ2) is 7.95. The van der Waals surface area contributed by atoms with Crippen molar-refractivity contribution in [3.63, 3.8) is 0 Å². The SMILES string of the molecule is CCc1ccc(CCOc2ccn(Cc3cccc(N)c3C)c(=O)c2)o1. The molecular formula is C21H24N2O3. The standard InChI is InChI=1S/C21H24N2O3/c1-3-17-7-8-18(26-17)10-12-25-19-9-11-23(21(24)13-19)14-16-5-4-6-20(22)15(16)2/h4-9,11,13H,3,10,12,14,22H2,1-2H3. The molecule has 3 rings (SSSR count). The largest absolute Gasteiger partial charge is 0.493 e. The van der Waals surface area contributed by atoms with Gasteiger partial charge in [0.2, 0.25) is 0 Å². The average molecular weight is 352 g/mol. The minimum Gasteiger partial charge on any atom is -0.493 e. The van der Waals surface area contributed by atoms with Gasteiger partial charge < -0.3 is 19.5 Å². The van der Waals surface area contributed by atoms with E-state index in [0.717, 1.165) is 34.8 Å². The number of furan rings is 1. The number of aromatic nitrogens is 1. The number of nitrogen functional groups attached to an aromatic ring is 1. The Bertz CT molecular complexity index is 940. The number of nitrogens with zero attached hydrogens (tertiary/aromatic N) is 1.